The maximum atomic E-state index is 14.0. The van der Waals surface area contributed by atoms with Crippen molar-refractivity contribution >= 4 is 22.6 Å². The van der Waals surface area contributed by atoms with Crippen LogP contribution in [0.25, 0.3) is 11.0 Å². The fraction of sp³-hybridized carbons (Fsp3) is 0.217. The molecule has 4 rings (SSSR count). The molecule has 0 aliphatic carbocycles. The van der Waals surface area contributed by atoms with E-state index >= 15 is 0 Å². The molecule has 0 aliphatic heterocycles. The first kappa shape index (κ1) is 22.1. The summed E-state index contributed by atoms with van der Waals surface area (Å²) >= 11 is 0. The van der Waals surface area contributed by atoms with Crippen LogP contribution in [0.5, 0.6) is 0 Å². The summed E-state index contributed by atoms with van der Waals surface area (Å²) in [5, 5.41) is 6.69. The largest absolute Gasteiger partial charge is 0.332 e. The number of fused-ring (bicyclic) bond motifs is 1. The lowest BCUT2D eigenvalue weighted by molar-refractivity contribution is -0.116. The van der Waals surface area contributed by atoms with Gasteiger partial charge in [0.2, 0.25) is 5.91 Å². The molecule has 2 aromatic heterocycles. The van der Waals surface area contributed by atoms with E-state index in [-0.39, 0.29) is 23.3 Å². The van der Waals surface area contributed by atoms with Gasteiger partial charge in [0.15, 0.2) is 5.52 Å². The maximum absolute atomic E-state index is 14.0. The molecule has 2 aromatic carbocycles. The van der Waals surface area contributed by atoms with Gasteiger partial charge in [0.25, 0.3) is 5.56 Å². The number of hydrogen-bond acceptors (Lipinski definition) is 4. The first-order valence-electron chi connectivity index (χ1n) is 10.3. The van der Waals surface area contributed by atoms with Crippen LogP contribution in [0.2, 0.25) is 0 Å². The van der Waals surface area contributed by atoms with Crippen molar-refractivity contribution in [1.82, 2.24) is 18.9 Å². The van der Waals surface area contributed by atoms with Gasteiger partial charge in [-0.2, -0.15) is 5.10 Å². The van der Waals surface area contributed by atoms with Crippen LogP contribution in [0.3, 0.4) is 0 Å². The lowest BCUT2D eigenvalue weighted by atomic mass is 10.2. The topological polar surface area (TPSA) is 90.9 Å². The zero-order valence-corrected chi connectivity index (χ0v) is 18.0. The van der Waals surface area contributed by atoms with Crippen molar-refractivity contribution in [2.45, 2.75) is 33.5 Å². The number of aromatic nitrogens is 4. The molecule has 1 amide bonds. The number of carbonyl (C=O) groups is 1. The third-order valence-corrected chi connectivity index (χ3v) is 5.27. The SMILES string of the molecule is CCn1nc(C)c2c1c(=O)n(Cc1ccccc1)c(=O)n2CC(=O)Nc1ccc(F)cc1F. The van der Waals surface area contributed by atoms with Gasteiger partial charge in [0.1, 0.15) is 23.7 Å². The van der Waals surface area contributed by atoms with E-state index in [1.807, 2.05) is 13.0 Å². The van der Waals surface area contributed by atoms with Gasteiger partial charge in [-0.25, -0.2) is 13.6 Å². The molecule has 0 atom stereocenters. The molecule has 4 aromatic rings. The molecule has 0 aliphatic rings. The number of nitrogens with zero attached hydrogens (tertiary/aromatic N) is 4. The minimum atomic E-state index is -0.940. The highest BCUT2D eigenvalue weighted by molar-refractivity contribution is 5.91. The van der Waals surface area contributed by atoms with Crippen molar-refractivity contribution in [2.75, 3.05) is 5.32 Å². The van der Waals surface area contributed by atoms with Gasteiger partial charge in [-0.1, -0.05) is 30.3 Å². The number of hydrogen-bond donors (Lipinski definition) is 1. The number of aryl methyl sites for hydroxylation is 2. The predicted octanol–water partition coefficient (Wildman–Crippen LogP) is 2.65. The van der Waals surface area contributed by atoms with Crippen LogP contribution in [-0.2, 0) is 24.4 Å². The van der Waals surface area contributed by atoms with Gasteiger partial charge < -0.3 is 5.32 Å². The summed E-state index contributed by atoms with van der Waals surface area (Å²) in [6.45, 7) is 3.36. The van der Waals surface area contributed by atoms with Gasteiger partial charge >= 0.3 is 5.69 Å². The number of carbonyl (C=O) groups excluding carboxylic acids is 1. The number of benzene rings is 2. The van der Waals surface area contributed by atoms with E-state index in [9.17, 15) is 23.2 Å². The van der Waals surface area contributed by atoms with Gasteiger partial charge in [-0.05, 0) is 31.5 Å². The highest BCUT2D eigenvalue weighted by Crippen LogP contribution is 2.17. The van der Waals surface area contributed by atoms with Crippen LogP contribution in [0.1, 0.15) is 18.2 Å². The summed E-state index contributed by atoms with van der Waals surface area (Å²) in [5.74, 6) is -2.43. The standard InChI is InChI=1S/C23H21F2N5O3/c1-3-30-21-20(14(2)27-30)28(13-19(31)26-18-10-9-16(24)11-17(18)25)23(33)29(22(21)32)12-15-7-5-4-6-8-15/h4-11H,3,12-13H2,1-2H3,(H,26,31). The van der Waals surface area contributed by atoms with E-state index < -0.39 is 35.3 Å². The number of rotatable bonds is 6. The molecule has 10 heteroatoms. The highest BCUT2D eigenvalue weighted by atomic mass is 19.1. The fourth-order valence-corrected chi connectivity index (χ4v) is 3.77. The van der Waals surface area contributed by atoms with Gasteiger partial charge in [0.05, 0.1) is 17.9 Å². The lowest BCUT2D eigenvalue weighted by Gasteiger charge is -2.13. The van der Waals surface area contributed by atoms with Crippen molar-refractivity contribution in [3.63, 3.8) is 0 Å². The maximum Gasteiger partial charge on any atom is 0.332 e. The first-order chi connectivity index (χ1) is 15.8. The molecule has 0 radical (unpaired) electrons. The van der Waals surface area contributed by atoms with E-state index in [2.05, 4.69) is 10.4 Å². The third-order valence-electron chi connectivity index (χ3n) is 5.27. The number of anilines is 1. The summed E-state index contributed by atoms with van der Waals surface area (Å²) < 4.78 is 30.8. The molecule has 0 bridgehead atoms. The van der Waals surface area contributed by atoms with Crippen LogP contribution in [-0.4, -0.2) is 24.8 Å². The van der Waals surface area contributed by atoms with Crippen LogP contribution >= 0.6 is 0 Å². The Morgan fingerprint density at radius 1 is 1.03 bits per heavy atom. The molecule has 0 unspecified atom stereocenters. The molecule has 1 N–H and O–H groups in total. The van der Waals surface area contributed by atoms with Gasteiger partial charge in [0, 0.05) is 12.6 Å². The van der Waals surface area contributed by atoms with E-state index in [4.69, 9.17) is 0 Å². The zero-order chi connectivity index (χ0) is 23.7. The number of amides is 1. The third kappa shape index (κ3) is 4.19. The summed E-state index contributed by atoms with van der Waals surface area (Å²) in [5.41, 5.74) is 0.169. The Labute approximate surface area is 186 Å². The lowest BCUT2D eigenvalue weighted by Crippen LogP contribution is -2.42. The second kappa shape index (κ2) is 8.81. The Morgan fingerprint density at radius 2 is 1.76 bits per heavy atom. The molecule has 8 nitrogen and oxygen atoms in total. The van der Waals surface area contributed by atoms with Crippen LogP contribution in [0.4, 0.5) is 14.5 Å². The van der Waals surface area contributed by atoms with Crippen LogP contribution in [0.15, 0.2) is 58.1 Å². The van der Waals surface area contributed by atoms with Crippen molar-refractivity contribution in [1.29, 1.82) is 0 Å². The minimum absolute atomic E-state index is 0.0105. The molecule has 33 heavy (non-hydrogen) atoms. The molecule has 0 saturated heterocycles. The molecule has 0 spiro atoms. The monoisotopic (exact) mass is 453 g/mol. The summed E-state index contributed by atoms with van der Waals surface area (Å²) in [6.07, 6.45) is 0. The average Bonchev–Trinajstić information content (AvgIpc) is 3.13. The normalized spacial score (nSPS) is 11.2. The Balaban J connectivity index is 1.82. The predicted molar refractivity (Wildman–Crippen MR) is 119 cm³/mol. The smallest absolute Gasteiger partial charge is 0.322 e. The molecule has 2 heterocycles. The van der Waals surface area contributed by atoms with Crippen LogP contribution < -0.4 is 16.6 Å². The molecule has 0 fully saturated rings. The Kier molecular flexibility index (Phi) is 5.91. The summed E-state index contributed by atoms with van der Waals surface area (Å²) in [4.78, 5) is 39.3. The molecule has 0 saturated carbocycles. The number of halogens is 2. The number of nitrogens with one attached hydrogen (secondary N) is 1. The average molecular weight is 453 g/mol. The van der Waals surface area contributed by atoms with Gasteiger partial charge in [-0.15, -0.1) is 0 Å². The molecular formula is C23H21F2N5O3. The van der Waals surface area contributed by atoms with Crippen molar-refractivity contribution in [3.8, 4) is 0 Å². The van der Waals surface area contributed by atoms with Gasteiger partial charge in [-0.3, -0.25) is 23.4 Å². The van der Waals surface area contributed by atoms with Crippen molar-refractivity contribution in [2.24, 2.45) is 0 Å². The van der Waals surface area contributed by atoms with Crippen molar-refractivity contribution in [3.05, 3.63) is 92.3 Å². The van der Waals surface area contributed by atoms with Crippen molar-refractivity contribution < 1.29 is 13.6 Å². The highest BCUT2D eigenvalue weighted by Gasteiger charge is 2.22. The first-order valence-corrected chi connectivity index (χ1v) is 10.3. The Hall–Kier alpha value is -4.08. The molecule has 170 valence electrons. The molecular weight excluding hydrogens is 432 g/mol. The second-order valence-corrected chi connectivity index (χ2v) is 7.52. The van der Waals surface area contributed by atoms with E-state index in [1.54, 1.807) is 31.2 Å². The zero-order valence-electron chi connectivity index (χ0n) is 18.0. The quantitative estimate of drug-likeness (QED) is 0.486. The Bertz CT molecular complexity index is 1470. The van der Waals surface area contributed by atoms with E-state index in [0.717, 1.165) is 26.8 Å². The summed E-state index contributed by atoms with van der Waals surface area (Å²) in [7, 11) is 0. The minimum Gasteiger partial charge on any atom is -0.322 e. The summed E-state index contributed by atoms with van der Waals surface area (Å²) in [6, 6.07) is 11.7. The second-order valence-electron chi connectivity index (χ2n) is 7.52. The van der Waals surface area contributed by atoms with E-state index in [1.165, 1.54) is 4.68 Å². The van der Waals surface area contributed by atoms with Crippen LogP contribution in [0, 0.1) is 18.6 Å². The fourth-order valence-electron chi connectivity index (χ4n) is 3.77. The Morgan fingerprint density at radius 3 is 2.42 bits per heavy atom. The van der Waals surface area contributed by atoms with E-state index in [0.29, 0.717) is 18.3 Å².